The standard InChI is InChI=1S/C18H20N2O3S2/c1-13(24)14-11-16(19-25(21)22)18(23-15-7-3-2-4-8-15)17(12-14)20-9-5-6-10-20/h2-4,7-8,11-12,19H,5-6,9-10H2,1H3,(H,21,22). The maximum Gasteiger partial charge on any atom is 0.259 e. The molecule has 1 heterocycles. The zero-order valence-electron chi connectivity index (χ0n) is 13.9. The number of para-hydroxylation sites is 1. The molecule has 2 aromatic rings. The predicted octanol–water partition coefficient (Wildman–Crippen LogP) is 4.37. The van der Waals surface area contributed by atoms with E-state index in [1.54, 1.807) is 6.07 Å². The van der Waals surface area contributed by atoms with Gasteiger partial charge >= 0.3 is 0 Å². The number of anilines is 2. The van der Waals surface area contributed by atoms with Crippen molar-refractivity contribution in [1.82, 2.24) is 0 Å². The topological polar surface area (TPSA) is 61.8 Å². The summed E-state index contributed by atoms with van der Waals surface area (Å²) in [5.74, 6) is 1.21. The lowest BCUT2D eigenvalue weighted by Crippen LogP contribution is -2.19. The molecule has 1 fully saturated rings. The van der Waals surface area contributed by atoms with E-state index in [-0.39, 0.29) is 0 Å². The van der Waals surface area contributed by atoms with Gasteiger partial charge in [0.05, 0.1) is 11.4 Å². The minimum atomic E-state index is -2.21. The van der Waals surface area contributed by atoms with Crippen molar-refractivity contribution < 1.29 is 13.5 Å². The van der Waals surface area contributed by atoms with Crippen molar-refractivity contribution in [3.8, 4) is 11.5 Å². The molecule has 5 nitrogen and oxygen atoms in total. The summed E-state index contributed by atoms with van der Waals surface area (Å²) in [6, 6.07) is 13.1. The second-order valence-corrected chi connectivity index (χ2v) is 7.20. The molecule has 0 bridgehead atoms. The minimum absolute atomic E-state index is 0.452. The number of benzene rings is 2. The van der Waals surface area contributed by atoms with Crippen LogP contribution in [0.2, 0.25) is 0 Å². The number of hydrogen-bond acceptors (Lipinski definition) is 4. The van der Waals surface area contributed by atoms with Gasteiger partial charge in [-0.2, -0.15) is 0 Å². The van der Waals surface area contributed by atoms with Gasteiger partial charge in [0, 0.05) is 18.0 Å². The molecule has 132 valence electrons. The van der Waals surface area contributed by atoms with Crippen molar-refractivity contribution in [2.45, 2.75) is 19.8 Å². The first-order chi connectivity index (χ1) is 12.0. The Hall–Kier alpha value is -1.96. The number of rotatable bonds is 6. The second-order valence-electron chi connectivity index (χ2n) is 5.89. The first kappa shape index (κ1) is 17.8. The SMILES string of the molecule is CC(=S)c1cc(NS(=O)O)c(Oc2ccccc2)c(N2CCCC2)c1. The zero-order valence-corrected chi connectivity index (χ0v) is 15.5. The summed E-state index contributed by atoms with van der Waals surface area (Å²) >= 11 is 3.11. The van der Waals surface area contributed by atoms with Crippen LogP contribution in [0.15, 0.2) is 42.5 Å². The number of thiocarbonyl (C=S) groups is 1. The number of ether oxygens (including phenoxy) is 1. The van der Waals surface area contributed by atoms with Crippen LogP contribution in [-0.4, -0.2) is 26.7 Å². The van der Waals surface area contributed by atoms with Crippen LogP contribution >= 0.6 is 12.2 Å². The summed E-state index contributed by atoms with van der Waals surface area (Å²) in [6.07, 6.45) is 2.22. The molecule has 1 saturated heterocycles. The molecule has 25 heavy (non-hydrogen) atoms. The van der Waals surface area contributed by atoms with Crippen LogP contribution < -0.4 is 14.4 Å². The molecule has 7 heteroatoms. The zero-order chi connectivity index (χ0) is 17.8. The van der Waals surface area contributed by atoms with Crippen molar-refractivity contribution in [1.29, 1.82) is 0 Å². The minimum Gasteiger partial charge on any atom is -0.453 e. The summed E-state index contributed by atoms with van der Waals surface area (Å²) in [4.78, 5) is 2.95. The average Bonchev–Trinajstić information content (AvgIpc) is 3.11. The van der Waals surface area contributed by atoms with Gasteiger partial charge in [-0.3, -0.25) is 9.27 Å². The Kier molecular flexibility index (Phi) is 5.67. The van der Waals surface area contributed by atoms with E-state index in [2.05, 4.69) is 9.62 Å². The molecular formula is C18H20N2O3S2. The molecule has 0 spiro atoms. The van der Waals surface area contributed by atoms with Crippen LogP contribution in [0.4, 0.5) is 11.4 Å². The third-order valence-electron chi connectivity index (χ3n) is 4.08. The van der Waals surface area contributed by atoms with Crippen LogP contribution in [0.5, 0.6) is 11.5 Å². The van der Waals surface area contributed by atoms with Crippen LogP contribution in [0, 0.1) is 0 Å². The van der Waals surface area contributed by atoms with Gasteiger partial charge in [0.25, 0.3) is 11.3 Å². The van der Waals surface area contributed by atoms with Gasteiger partial charge in [-0.1, -0.05) is 30.4 Å². The lowest BCUT2D eigenvalue weighted by molar-refractivity contribution is 0.484. The molecule has 0 amide bonds. The molecule has 1 aliphatic rings. The molecule has 0 aliphatic carbocycles. The van der Waals surface area contributed by atoms with E-state index in [9.17, 15) is 8.76 Å². The summed E-state index contributed by atoms with van der Waals surface area (Å²) < 4.78 is 29.4. The van der Waals surface area contributed by atoms with E-state index < -0.39 is 11.3 Å². The second kappa shape index (κ2) is 7.95. The fourth-order valence-corrected chi connectivity index (χ4v) is 3.35. The third kappa shape index (κ3) is 4.36. The van der Waals surface area contributed by atoms with Gasteiger partial charge in [-0.15, -0.1) is 0 Å². The molecule has 0 saturated carbocycles. The Morgan fingerprint density at radius 3 is 2.52 bits per heavy atom. The first-order valence-corrected chi connectivity index (χ1v) is 9.60. The monoisotopic (exact) mass is 376 g/mol. The lowest BCUT2D eigenvalue weighted by Gasteiger charge is -2.24. The Labute approximate surface area is 155 Å². The van der Waals surface area contributed by atoms with Crippen LogP contribution in [-0.2, 0) is 11.3 Å². The van der Waals surface area contributed by atoms with Gasteiger partial charge < -0.3 is 9.64 Å². The van der Waals surface area contributed by atoms with E-state index in [0.29, 0.717) is 17.2 Å². The van der Waals surface area contributed by atoms with Crippen molar-refractivity contribution >= 4 is 39.7 Å². The maximum atomic E-state index is 11.4. The first-order valence-electron chi connectivity index (χ1n) is 8.09. The van der Waals surface area contributed by atoms with Gasteiger partial charge in [0.15, 0.2) is 5.75 Å². The van der Waals surface area contributed by atoms with E-state index in [1.165, 1.54) is 0 Å². The van der Waals surface area contributed by atoms with Crippen molar-refractivity contribution in [3.63, 3.8) is 0 Å². The molecular weight excluding hydrogens is 356 g/mol. The van der Waals surface area contributed by atoms with Crippen LogP contribution in [0.3, 0.4) is 0 Å². The third-order valence-corrected chi connectivity index (χ3v) is 4.71. The molecule has 0 radical (unpaired) electrons. The van der Waals surface area contributed by atoms with E-state index >= 15 is 0 Å². The molecule has 0 aromatic heterocycles. The number of nitrogens with zero attached hydrogens (tertiary/aromatic N) is 1. The smallest absolute Gasteiger partial charge is 0.259 e. The summed E-state index contributed by atoms with van der Waals surface area (Å²) in [7, 11) is 0. The number of hydrogen-bond donors (Lipinski definition) is 2. The fraction of sp³-hybridized carbons (Fsp3) is 0.278. The summed E-state index contributed by atoms with van der Waals surface area (Å²) in [5.41, 5.74) is 2.18. The molecule has 1 unspecified atom stereocenters. The molecule has 3 rings (SSSR count). The van der Waals surface area contributed by atoms with Gasteiger partial charge in [-0.05, 0) is 49.6 Å². The van der Waals surface area contributed by atoms with Crippen LogP contribution in [0.25, 0.3) is 0 Å². The highest BCUT2D eigenvalue weighted by Crippen LogP contribution is 2.42. The van der Waals surface area contributed by atoms with E-state index in [1.807, 2.05) is 43.3 Å². The fourth-order valence-electron chi connectivity index (χ4n) is 2.89. The molecule has 1 atom stereocenters. The van der Waals surface area contributed by atoms with Gasteiger partial charge in [-0.25, -0.2) is 4.21 Å². The Morgan fingerprint density at radius 2 is 1.92 bits per heavy atom. The summed E-state index contributed by atoms with van der Waals surface area (Å²) in [5, 5.41) is 0. The Morgan fingerprint density at radius 1 is 1.24 bits per heavy atom. The summed E-state index contributed by atoms with van der Waals surface area (Å²) in [6.45, 7) is 3.69. The van der Waals surface area contributed by atoms with Gasteiger partial charge in [0.1, 0.15) is 5.75 Å². The highest BCUT2D eigenvalue weighted by Gasteiger charge is 2.22. The number of nitrogens with one attached hydrogen (secondary N) is 1. The Balaban J connectivity index is 2.12. The largest absolute Gasteiger partial charge is 0.453 e. The van der Waals surface area contributed by atoms with Crippen LogP contribution in [0.1, 0.15) is 25.3 Å². The van der Waals surface area contributed by atoms with E-state index in [4.69, 9.17) is 17.0 Å². The quantitative estimate of drug-likeness (QED) is 0.445. The molecule has 2 N–H and O–H groups in total. The Bertz CT molecular complexity index is 790. The van der Waals surface area contributed by atoms with Gasteiger partial charge in [0.2, 0.25) is 0 Å². The maximum absolute atomic E-state index is 11.4. The lowest BCUT2D eigenvalue weighted by atomic mass is 10.1. The van der Waals surface area contributed by atoms with Crippen molar-refractivity contribution in [2.75, 3.05) is 22.7 Å². The van der Waals surface area contributed by atoms with Crippen molar-refractivity contribution in [2.24, 2.45) is 0 Å². The van der Waals surface area contributed by atoms with Crippen molar-refractivity contribution in [3.05, 3.63) is 48.0 Å². The predicted molar refractivity (Wildman–Crippen MR) is 106 cm³/mol. The average molecular weight is 377 g/mol. The molecule has 2 aromatic carbocycles. The normalized spacial score (nSPS) is 15.0. The highest BCUT2D eigenvalue weighted by atomic mass is 32.2. The van der Waals surface area contributed by atoms with E-state index in [0.717, 1.165) is 42.0 Å². The molecule has 1 aliphatic heterocycles. The highest BCUT2D eigenvalue weighted by molar-refractivity contribution is 7.81.